The summed E-state index contributed by atoms with van der Waals surface area (Å²) in [5.74, 6) is -0.894. The molecule has 0 saturated carbocycles. The zero-order valence-electron chi connectivity index (χ0n) is 7.70. The van der Waals surface area contributed by atoms with Gasteiger partial charge in [0.1, 0.15) is 11.9 Å². The van der Waals surface area contributed by atoms with Gasteiger partial charge in [0, 0.05) is 5.56 Å². The first-order valence-corrected chi connectivity index (χ1v) is 4.85. The number of alkyl halides is 3. The molecule has 1 aromatic carbocycles. The first-order valence-electron chi connectivity index (χ1n) is 4.05. The van der Waals surface area contributed by atoms with E-state index in [0.717, 1.165) is 13.1 Å². The number of benzene rings is 1. The fraction of sp³-hybridized carbons (Fsp3) is 0.333. The molecule has 0 aliphatic heterocycles. The van der Waals surface area contributed by atoms with Crippen LogP contribution in [0.15, 0.2) is 22.7 Å². The number of halogens is 5. The zero-order chi connectivity index (χ0) is 11.6. The predicted molar refractivity (Wildman–Crippen MR) is 52.0 cm³/mol. The summed E-state index contributed by atoms with van der Waals surface area (Å²) in [7, 11) is 1.14. The Labute approximate surface area is 92.6 Å². The van der Waals surface area contributed by atoms with E-state index in [4.69, 9.17) is 0 Å². The van der Waals surface area contributed by atoms with E-state index in [1.807, 2.05) is 5.32 Å². The molecule has 0 saturated heterocycles. The Morgan fingerprint density at radius 2 is 1.93 bits per heavy atom. The van der Waals surface area contributed by atoms with Crippen molar-refractivity contribution in [3.63, 3.8) is 0 Å². The lowest BCUT2D eigenvalue weighted by Crippen LogP contribution is -2.32. The van der Waals surface area contributed by atoms with E-state index in [-0.39, 0.29) is 4.47 Å². The Morgan fingerprint density at radius 1 is 1.33 bits per heavy atom. The van der Waals surface area contributed by atoms with Crippen LogP contribution >= 0.6 is 15.9 Å². The second-order valence-corrected chi connectivity index (χ2v) is 3.76. The lowest BCUT2D eigenvalue weighted by molar-refractivity contribution is -0.157. The van der Waals surface area contributed by atoms with E-state index in [1.54, 1.807) is 0 Å². The van der Waals surface area contributed by atoms with Gasteiger partial charge in [0.25, 0.3) is 0 Å². The second kappa shape index (κ2) is 4.49. The second-order valence-electron chi connectivity index (χ2n) is 2.91. The molecule has 0 heterocycles. The fourth-order valence-electron chi connectivity index (χ4n) is 1.24. The minimum atomic E-state index is -4.52. The fourth-order valence-corrected chi connectivity index (χ4v) is 1.62. The SMILES string of the molecule is CNC(c1cccc(Br)c1F)C(F)(F)F. The van der Waals surface area contributed by atoms with E-state index in [9.17, 15) is 17.6 Å². The van der Waals surface area contributed by atoms with Crippen molar-refractivity contribution in [1.82, 2.24) is 5.32 Å². The summed E-state index contributed by atoms with van der Waals surface area (Å²) >= 11 is 2.84. The Kier molecular flexibility index (Phi) is 3.72. The van der Waals surface area contributed by atoms with E-state index in [1.165, 1.54) is 12.1 Å². The summed E-state index contributed by atoms with van der Waals surface area (Å²) in [5, 5.41) is 2.04. The zero-order valence-corrected chi connectivity index (χ0v) is 9.29. The average molecular weight is 286 g/mol. The van der Waals surface area contributed by atoms with Crippen LogP contribution in [0.25, 0.3) is 0 Å². The van der Waals surface area contributed by atoms with Crippen LogP contribution in [0.2, 0.25) is 0 Å². The van der Waals surface area contributed by atoms with Gasteiger partial charge in [0.15, 0.2) is 0 Å². The smallest absolute Gasteiger partial charge is 0.305 e. The molecule has 0 aliphatic rings. The van der Waals surface area contributed by atoms with Gasteiger partial charge in [-0.25, -0.2) is 4.39 Å². The van der Waals surface area contributed by atoms with Crippen molar-refractivity contribution in [2.45, 2.75) is 12.2 Å². The molecule has 1 N–H and O–H groups in total. The van der Waals surface area contributed by atoms with Crippen molar-refractivity contribution in [3.8, 4) is 0 Å². The molecule has 1 nitrogen and oxygen atoms in total. The van der Waals surface area contributed by atoms with Gasteiger partial charge in [-0.05, 0) is 29.0 Å². The maximum Gasteiger partial charge on any atom is 0.408 e. The van der Waals surface area contributed by atoms with Gasteiger partial charge in [-0.2, -0.15) is 13.2 Å². The Balaban J connectivity index is 3.19. The topological polar surface area (TPSA) is 12.0 Å². The summed E-state index contributed by atoms with van der Waals surface area (Å²) in [4.78, 5) is 0. The molecule has 0 amide bonds. The van der Waals surface area contributed by atoms with Gasteiger partial charge in [0.2, 0.25) is 0 Å². The number of rotatable bonds is 2. The first-order chi connectivity index (χ1) is 6.88. The monoisotopic (exact) mass is 285 g/mol. The molecule has 1 rings (SSSR count). The van der Waals surface area contributed by atoms with Crippen molar-refractivity contribution in [1.29, 1.82) is 0 Å². The van der Waals surface area contributed by atoms with Crippen molar-refractivity contribution >= 4 is 15.9 Å². The Bertz CT molecular complexity index is 350. The van der Waals surface area contributed by atoms with Crippen LogP contribution in [0.4, 0.5) is 17.6 Å². The third-order valence-electron chi connectivity index (χ3n) is 1.91. The van der Waals surface area contributed by atoms with Gasteiger partial charge >= 0.3 is 6.18 Å². The molecule has 0 aliphatic carbocycles. The van der Waals surface area contributed by atoms with E-state index in [2.05, 4.69) is 15.9 Å². The molecule has 1 aromatic rings. The molecule has 0 radical (unpaired) electrons. The summed E-state index contributed by atoms with van der Waals surface area (Å²) < 4.78 is 50.8. The summed E-state index contributed by atoms with van der Waals surface area (Å²) in [6, 6.07) is 1.82. The highest BCUT2D eigenvalue weighted by molar-refractivity contribution is 9.10. The summed E-state index contributed by atoms with van der Waals surface area (Å²) in [6.45, 7) is 0. The highest BCUT2D eigenvalue weighted by Crippen LogP contribution is 2.35. The highest BCUT2D eigenvalue weighted by Gasteiger charge is 2.41. The predicted octanol–water partition coefficient (Wildman–Crippen LogP) is 3.41. The van der Waals surface area contributed by atoms with Crippen LogP contribution in [-0.2, 0) is 0 Å². The molecule has 15 heavy (non-hydrogen) atoms. The third-order valence-corrected chi connectivity index (χ3v) is 2.52. The molecule has 0 bridgehead atoms. The van der Waals surface area contributed by atoms with Crippen LogP contribution in [0.3, 0.4) is 0 Å². The Morgan fingerprint density at radius 3 is 2.40 bits per heavy atom. The van der Waals surface area contributed by atoms with Gasteiger partial charge in [0.05, 0.1) is 4.47 Å². The molecule has 0 fully saturated rings. The van der Waals surface area contributed by atoms with Gasteiger partial charge in [-0.15, -0.1) is 0 Å². The van der Waals surface area contributed by atoms with Crippen LogP contribution in [0.5, 0.6) is 0 Å². The molecular weight excluding hydrogens is 278 g/mol. The minimum absolute atomic E-state index is 0.0181. The van der Waals surface area contributed by atoms with Crippen LogP contribution in [-0.4, -0.2) is 13.2 Å². The van der Waals surface area contributed by atoms with E-state index >= 15 is 0 Å². The number of hydrogen-bond donors (Lipinski definition) is 1. The van der Waals surface area contributed by atoms with Crippen molar-refractivity contribution < 1.29 is 17.6 Å². The van der Waals surface area contributed by atoms with Crippen LogP contribution in [0.1, 0.15) is 11.6 Å². The molecule has 0 aromatic heterocycles. The minimum Gasteiger partial charge on any atom is -0.305 e. The van der Waals surface area contributed by atoms with Crippen molar-refractivity contribution in [3.05, 3.63) is 34.1 Å². The van der Waals surface area contributed by atoms with E-state index < -0.39 is 23.6 Å². The summed E-state index contributed by atoms with van der Waals surface area (Å²) in [6.07, 6.45) is -4.52. The Hall–Kier alpha value is -0.620. The molecule has 84 valence electrons. The molecular formula is C9H8BrF4N. The largest absolute Gasteiger partial charge is 0.408 e. The molecule has 1 atom stereocenters. The maximum absolute atomic E-state index is 13.4. The van der Waals surface area contributed by atoms with Crippen molar-refractivity contribution in [2.24, 2.45) is 0 Å². The quantitative estimate of drug-likeness (QED) is 0.821. The average Bonchev–Trinajstić information content (AvgIpc) is 2.11. The van der Waals surface area contributed by atoms with Gasteiger partial charge in [-0.1, -0.05) is 12.1 Å². The lowest BCUT2D eigenvalue weighted by Gasteiger charge is -2.20. The highest BCUT2D eigenvalue weighted by atomic mass is 79.9. The van der Waals surface area contributed by atoms with Crippen LogP contribution in [0, 0.1) is 5.82 Å². The number of hydrogen-bond acceptors (Lipinski definition) is 1. The lowest BCUT2D eigenvalue weighted by atomic mass is 10.1. The molecule has 0 spiro atoms. The molecule has 1 unspecified atom stereocenters. The summed E-state index contributed by atoms with van der Waals surface area (Å²) in [5.41, 5.74) is -0.417. The van der Waals surface area contributed by atoms with Gasteiger partial charge in [-0.3, -0.25) is 0 Å². The van der Waals surface area contributed by atoms with E-state index in [0.29, 0.717) is 0 Å². The van der Waals surface area contributed by atoms with Crippen molar-refractivity contribution in [2.75, 3.05) is 7.05 Å². The number of nitrogens with one attached hydrogen (secondary N) is 1. The van der Waals surface area contributed by atoms with Crippen LogP contribution < -0.4 is 5.32 Å². The maximum atomic E-state index is 13.4. The normalized spacial score (nSPS) is 14.0. The first kappa shape index (κ1) is 12.4. The standard InChI is InChI=1S/C9H8BrF4N/c1-15-8(9(12,13)14)5-3-2-4-6(10)7(5)11/h2-4,8,15H,1H3. The van der Waals surface area contributed by atoms with Gasteiger partial charge < -0.3 is 5.32 Å². The molecule has 6 heteroatoms. The third kappa shape index (κ3) is 2.69.